The van der Waals surface area contributed by atoms with E-state index in [1.165, 1.54) is 30.3 Å². The molecule has 0 saturated carbocycles. The molecule has 0 aliphatic heterocycles. The minimum Gasteiger partial charge on any atom is -0.345 e. The van der Waals surface area contributed by atoms with Gasteiger partial charge in [-0.15, -0.1) is 0 Å². The molecule has 0 aliphatic rings. The molecule has 0 heterocycles. The van der Waals surface area contributed by atoms with Crippen LogP contribution in [0.5, 0.6) is 0 Å². The Balaban J connectivity index is 2.13. The van der Waals surface area contributed by atoms with E-state index in [0.717, 1.165) is 5.56 Å². The first kappa shape index (κ1) is 16.9. The normalized spacial score (nSPS) is 12.1. The number of nitro benzene ring substituents is 1. The number of nitriles is 1. The monoisotopic (exact) mass is 321 g/mol. The van der Waals surface area contributed by atoms with Crippen LogP contribution in [0.4, 0.5) is 5.69 Å². The van der Waals surface area contributed by atoms with Gasteiger partial charge in [-0.3, -0.25) is 14.9 Å². The second-order valence-electron chi connectivity index (χ2n) is 5.12. The van der Waals surface area contributed by atoms with Crippen molar-refractivity contribution in [3.05, 3.63) is 81.4 Å². The topological polar surface area (TPSA) is 96.0 Å². The summed E-state index contributed by atoms with van der Waals surface area (Å²) in [5.41, 5.74) is 1.36. The van der Waals surface area contributed by atoms with Gasteiger partial charge >= 0.3 is 0 Å². The summed E-state index contributed by atoms with van der Waals surface area (Å²) in [6.45, 7) is 1.83. The number of nitrogens with zero attached hydrogens (tertiary/aromatic N) is 2. The Morgan fingerprint density at radius 3 is 2.38 bits per heavy atom. The van der Waals surface area contributed by atoms with E-state index in [1.807, 2.05) is 43.3 Å². The molecule has 0 aromatic heterocycles. The Hall–Kier alpha value is -3.46. The van der Waals surface area contributed by atoms with Crippen molar-refractivity contribution < 1.29 is 9.72 Å². The molecular formula is C18H15N3O3. The van der Waals surface area contributed by atoms with E-state index in [0.29, 0.717) is 5.56 Å². The summed E-state index contributed by atoms with van der Waals surface area (Å²) in [5.74, 6) is -0.493. The van der Waals surface area contributed by atoms with Gasteiger partial charge in [0.25, 0.3) is 11.6 Å². The van der Waals surface area contributed by atoms with E-state index in [4.69, 9.17) is 0 Å². The van der Waals surface area contributed by atoms with Crippen LogP contribution in [0.2, 0.25) is 0 Å². The van der Waals surface area contributed by atoms with Gasteiger partial charge in [0, 0.05) is 12.1 Å². The summed E-state index contributed by atoms with van der Waals surface area (Å²) in [7, 11) is 0. The number of amides is 1. The van der Waals surface area contributed by atoms with Gasteiger partial charge in [0.2, 0.25) is 0 Å². The van der Waals surface area contributed by atoms with Crippen LogP contribution in [0.3, 0.4) is 0 Å². The quantitative estimate of drug-likeness (QED) is 0.395. The number of non-ortho nitro benzene ring substituents is 1. The largest absolute Gasteiger partial charge is 0.345 e. The van der Waals surface area contributed by atoms with E-state index in [9.17, 15) is 20.2 Å². The molecule has 2 aromatic carbocycles. The minimum atomic E-state index is -0.507. The van der Waals surface area contributed by atoms with Gasteiger partial charge in [-0.2, -0.15) is 5.26 Å². The number of carbonyl (C=O) groups is 1. The van der Waals surface area contributed by atoms with E-state index in [-0.39, 0.29) is 17.3 Å². The smallest absolute Gasteiger partial charge is 0.269 e. The molecule has 6 heteroatoms. The number of nitro groups is 1. The highest BCUT2D eigenvalue weighted by Crippen LogP contribution is 2.16. The Labute approximate surface area is 139 Å². The van der Waals surface area contributed by atoms with Crippen LogP contribution in [-0.2, 0) is 4.79 Å². The third-order valence-corrected chi connectivity index (χ3v) is 3.43. The van der Waals surface area contributed by atoms with Gasteiger partial charge in [-0.05, 0) is 36.3 Å². The van der Waals surface area contributed by atoms with Crippen molar-refractivity contribution in [1.82, 2.24) is 5.32 Å². The maximum Gasteiger partial charge on any atom is 0.269 e. The molecule has 0 aliphatic carbocycles. The van der Waals surface area contributed by atoms with Crippen molar-refractivity contribution in [2.24, 2.45) is 0 Å². The molecule has 0 fully saturated rings. The second-order valence-corrected chi connectivity index (χ2v) is 5.12. The Bertz CT molecular complexity index is 806. The highest BCUT2D eigenvalue weighted by molar-refractivity contribution is 6.01. The molecular weight excluding hydrogens is 306 g/mol. The molecule has 0 radical (unpaired) electrons. The summed E-state index contributed by atoms with van der Waals surface area (Å²) in [6, 6.07) is 16.6. The van der Waals surface area contributed by atoms with Crippen molar-refractivity contribution in [1.29, 1.82) is 5.26 Å². The predicted molar refractivity (Wildman–Crippen MR) is 89.7 cm³/mol. The molecule has 0 spiro atoms. The summed E-state index contributed by atoms with van der Waals surface area (Å²) >= 11 is 0. The number of benzene rings is 2. The zero-order valence-electron chi connectivity index (χ0n) is 13.0. The standard InChI is InChI=1S/C18H15N3O3/c1-13(15-5-3-2-4-6-15)20-18(22)16(12-19)11-14-7-9-17(10-8-14)21(23)24/h2-11,13H,1H3,(H,20,22). The van der Waals surface area contributed by atoms with Gasteiger partial charge in [0.05, 0.1) is 11.0 Å². The molecule has 2 rings (SSSR count). The summed E-state index contributed by atoms with van der Waals surface area (Å²) in [6.07, 6.45) is 1.40. The van der Waals surface area contributed by atoms with Crippen LogP contribution < -0.4 is 5.32 Å². The molecule has 2 aromatic rings. The van der Waals surface area contributed by atoms with Gasteiger partial charge in [0.15, 0.2) is 0 Å². The number of rotatable bonds is 5. The Kier molecular flexibility index (Phi) is 5.42. The van der Waals surface area contributed by atoms with Crippen molar-refractivity contribution in [2.45, 2.75) is 13.0 Å². The summed E-state index contributed by atoms with van der Waals surface area (Å²) in [4.78, 5) is 22.3. The van der Waals surface area contributed by atoms with Crippen molar-refractivity contribution in [3.8, 4) is 6.07 Å². The highest BCUT2D eigenvalue weighted by atomic mass is 16.6. The lowest BCUT2D eigenvalue weighted by molar-refractivity contribution is -0.384. The second kappa shape index (κ2) is 7.70. The zero-order valence-corrected chi connectivity index (χ0v) is 13.0. The number of nitrogens with one attached hydrogen (secondary N) is 1. The van der Waals surface area contributed by atoms with E-state index >= 15 is 0 Å². The summed E-state index contributed by atoms with van der Waals surface area (Å²) < 4.78 is 0. The first-order valence-corrected chi connectivity index (χ1v) is 7.23. The molecule has 1 unspecified atom stereocenters. The van der Waals surface area contributed by atoms with Crippen molar-refractivity contribution in [2.75, 3.05) is 0 Å². The molecule has 0 bridgehead atoms. The molecule has 6 nitrogen and oxygen atoms in total. The zero-order chi connectivity index (χ0) is 17.5. The van der Waals surface area contributed by atoms with Gasteiger partial charge in [0.1, 0.15) is 11.6 Å². The van der Waals surface area contributed by atoms with E-state index < -0.39 is 10.8 Å². The van der Waals surface area contributed by atoms with E-state index in [1.54, 1.807) is 0 Å². The van der Waals surface area contributed by atoms with Crippen LogP contribution in [0.1, 0.15) is 24.1 Å². The minimum absolute atomic E-state index is 0.0483. The van der Waals surface area contributed by atoms with Crippen LogP contribution in [-0.4, -0.2) is 10.8 Å². The third-order valence-electron chi connectivity index (χ3n) is 3.43. The number of carbonyl (C=O) groups excluding carboxylic acids is 1. The molecule has 1 atom stereocenters. The number of hydrogen-bond donors (Lipinski definition) is 1. The molecule has 24 heavy (non-hydrogen) atoms. The lowest BCUT2D eigenvalue weighted by Gasteiger charge is -2.13. The Morgan fingerprint density at radius 1 is 1.21 bits per heavy atom. The molecule has 1 N–H and O–H groups in total. The fraction of sp³-hybridized carbons (Fsp3) is 0.111. The van der Waals surface area contributed by atoms with E-state index in [2.05, 4.69) is 5.32 Å². The predicted octanol–water partition coefficient (Wildman–Crippen LogP) is 3.38. The fourth-order valence-corrected chi connectivity index (χ4v) is 2.11. The first-order chi connectivity index (χ1) is 11.5. The lowest BCUT2D eigenvalue weighted by Crippen LogP contribution is -2.27. The van der Waals surface area contributed by atoms with Gasteiger partial charge in [-0.25, -0.2) is 0 Å². The van der Waals surface area contributed by atoms with Gasteiger partial charge in [-0.1, -0.05) is 30.3 Å². The van der Waals surface area contributed by atoms with Crippen LogP contribution in [0.25, 0.3) is 6.08 Å². The van der Waals surface area contributed by atoms with Gasteiger partial charge < -0.3 is 5.32 Å². The SMILES string of the molecule is CC(NC(=O)C(C#N)=Cc1ccc([N+](=O)[O-])cc1)c1ccccc1. The maximum absolute atomic E-state index is 12.2. The molecule has 120 valence electrons. The molecule has 0 saturated heterocycles. The van der Waals surface area contributed by atoms with Crippen LogP contribution in [0, 0.1) is 21.4 Å². The fourth-order valence-electron chi connectivity index (χ4n) is 2.11. The lowest BCUT2D eigenvalue weighted by atomic mass is 10.1. The van der Waals surface area contributed by atoms with Crippen LogP contribution >= 0.6 is 0 Å². The Morgan fingerprint density at radius 2 is 1.83 bits per heavy atom. The maximum atomic E-state index is 12.2. The average Bonchev–Trinajstić information content (AvgIpc) is 2.60. The third kappa shape index (κ3) is 4.27. The summed E-state index contributed by atoms with van der Waals surface area (Å²) in [5, 5.41) is 22.6. The average molecular weight is 321 g/mol. The van der Waals surface area contributed by atoms with Crippen LogP contribution in [0.15, 0.2) is 60.2 Å². The highest BCUT2D eigenvalue weighted by Gasteiger charge is 2.14. The first-order valence-electron chi connectivity index (χ1n) is 7.23. The molecule has 1 amide bonds. The van der Waals surface area contributed by atoms with Crippen molar-refractivity contribution in [3.63, 3.8) is 0 Å². The van der Waals surface area contributed by atoms with Crippen molar-refractivity contribution >= 4 is 17.7 Å². The number of hydrogen-bond acceptors (Lipinski definition) is 4.